The van der Waals surface area contributed by atoms with Crippen molar-refractivity contribution in [2.75, 3.05) is 4.90 Å². The van der Waals surface area contributed by atoms with Crippen molar-refractivity contribution in [3.8, 4) is 0 Å². The number of amides is 1. The second-order valence-electron chi connectivity index (χ2n) is 6.52. The van der Waals surface area contributed by atoms with Gasteiger partial charge in [0.1, 0.15) is 0 Å². The summed E-state index contributed by atoms with van der Waals surface area (Å²) in [7, 11) is 0. The molecule has 0 unspecified atom stereocenters. The highest BCUT2D eigenvalue weighted by Gasteiger charge is 2.27. The van der Waals surface area contributed by atoms with Gasteiger partial charge >= 0.3 is 6.09 Å². The van der Waals surface area contributed by atoms with Crippen molar-refractivity contribution in [1.82, 2.24) is 0 Å². The quantitative estimate of drug-likeness (QED) is 0.694. The Bertz CT molecular complexity index is 700. The SMILES string of the molecule is C=CCc1ccc(Sc2ccc(N(C(=O)O)C(C)(C)C)cc2)cc1. The van der Waals surface area contributed by atoms with Crippen LogP contribution in [0.1, 0.15) is 26.3 Å². The molecule has 0 aromatic heterocycles. The molecule has 0 saturated heterocycles. The lowest BCUT2D eigenvalue weighted by Gasteiger charge is -2.33. The van der Waals surface area contributed by atoms with E-state index in [2.05, 4.69) is 30.8 Å². The van der Waals surface area contributed by atoms with E-state index >= 15 is 0 Å². The minimum absolute atomic E-state index is 0.485. The number of carbonyl (C=O) groups is 1. The van der Waals surface area contributed by atoms with E-state index in [9.17, 15) is 9.90 Å². The van der Waals surface area contributed by atoms with Crippen molar-refractivity contribution in [3.05, 3.63) is 66.7 Å². The van der Waals surface area contributed by atoms with Crippen LogP contribution in [0.2, 0.25) is 0 Å². The number of hydrogen-bond donors (Lipinski definition) is 1. The topological polar surface area (TPSA) is 40.5 Å². The first-order valence-electron chi connectivity index (χ1n) is 7.82. The zero-order valence-electron chi connectivity index (χ0n) is 14.3. The molecule has 3 nitrogen and oxygen atoms in total. The minimum Gasteiger partial charge on any atom is -0.465 e. The molecule has 0 aliphatic carbocycles. The summed E-state index contributed by atoms with van der Waals surface area (Å²) in [5.74, 6) is 0. The van der Waals surface area contributed by atoms with Crippen LogP contribution < -0.4 is 4.90 Å². The molecule has 2 aromatic carbocycles. The van der Waals surface area contributed by atoms with Crippen molar-refractivity contribution in [3.63, 3.8) is 0 Å². The third-order valence-electron chi connectivity index (χ3n) is 3.50. The van der Waals surface area contributed by atoms with Gasteiger partial charge in [0.2, 0.25) is 0 Å². The van der Waals surface area contributed by atoms with E-state index in [0.29, 0.717) is 5.69 Å². The maximum atomic E-state index is 11.5. The number of hydrogen-bond acceptors (Lipinski definition) is 2. The van der Waals surface area contributed by atoms with Crippen molar-refractivity contribution in [1.29, 1.82) is 0 Å². The minimum atomic E-state index is -0.944. The van der Waals surface area contributed by atoms with Gasteiger partial charge in [-0.15, -0.1) is 6.58 Å². The average molecular weight is 341 g/mol. The van der Waals surface area contributed by atoms with Gasteiger partial charge in [-0.2, -0.15) is 0 Å². The summed E-state index contributed by atoms with van der Waals surface area (Å²) in [4.78, 5) is 15.1. The molecule has 1 amide bonds. The van der Waals surface area contributed by atoms with Crippen LogP contribution in [0.5, 0.6) is 0 Å². The molecule has 0 radical (unpaired) electrons. The second-order valence-corrected chi connectivity index (χ2v) is 7.67. The fourth-order valence-electron chi connectivity index (χ4n) is 2.44. The maximum Gasteiger partial charge on any atom is 0.412 e. The van der Waals surface area contributed by atoms with Gasteiger partial charge < -0.3 is 5.11 Å². The molecule has 0 fully saturated rings. The normalized spacial score (nSPS) is 11.1. The first-order chi connectivity index (χ1) is 11.3. The van der Waals surface area contributed by atoms with Crippen LogP contribution in [0.3, 0.4) is 0 Å². The van der Waals surface area contributed by atoms with Crippen LogP contribution in [0, 0.1) is 0 Å². The average Bonchev–Trinajstić information content (AvgIpc) is 2.50. The number of nitrogens with zero attached hydrogens (tertiary/aromatic N) is 1. The molecular weight excluding hydrogens is 318 g/mol. The Morgan fingerprint density at radius 2 is 1.58 bits per heavy atom. The molecule has 0 aliphatic rings. The van der Waals surface area contributed by atoms with Gasteiger partial charge in [0.15, 0.2) is 0 Å². The fourth-order valence-corrected chi connectivity index (χ4v) is 3.26. The van der Waals surface area contributed by atoms with E-state index in [1.165, 1.54) is 10.5 Å². The van der Waals surface area contributed by atoms with Gasteiger partial charge in [-0.05, 0) is 69.2 Å². The van der Waals surface area contributed by atoms with E-state index in [4.69, 9.17) is 0 Å². The number of carboxylic acid groups (broad SMARTS) is 1. The Morgan fingerprint density at radius 1 is 1.08 bits per heavy atom. The zero-order chi connectivity index (χ0) is 17.7. The summed E-state index contributed by atoms with van der Waals surface area (Å²) in [6, 6.07) is 16.0. The molecule has 0 atom stereocenters. The van der Waals surface area contributed by atoms with Crippen molar-refractivity contribution in [2.45, 2.75) is 42.5 Å². The van der Waals surface area contributed by atoms with Crippen LogP contribution in [0.15, 0.2) is 71.0 Å². The van der Waals surface area contributed by atoms with E-state index in [1.54, 1.807) is 11.8 Å². The van der Waals surface area contributed by atoms with Gasteiger partial charge in [-0.3, -0.25) is 4.90 Å². The smallest absolute Gasteiger partial charge is 0.412 e. The zero-order valence-corrected chi connectivity index (χ0v) is 15.1. The lowest BCUT2D eigenvalue weighted by atomic mass is 10.1. The highest BCUT2D eigenvalue weighted by molar-refractivity contribution is 7.99. The lowest BCUT2D eigenvalue weighted by Crippen LogP contribution is -2.45. The summed E-state index contributed by atoms with van der Waals surface area (Å²) < 4.78 is 0. The number of allylic oxidation sites excluding steroid dienone is 1. The van der Waals surface area contributed by atoms with Crippen molar-refractivity contribution < 1.29 is 9.90 Å². The first kappa shape index (κ1) is 18.1. The Kier molecular flexibility index (Phi) is 5.73. The highest BCUT2D eigenvalue weighted by atomic mass is 32.2. The first-order valence-corrected chi connectivity index (χ1v) is 8.64. The lowest BCUT2D eigenvalue weighted by molar-refractivity contribution is 0.195. The molecule has 0 aliphatic heterocycles. The predicted octanol–water partition coefficient (Wildman–Crippen LogP) is 5.85. The maximum absolute atomic E-state index is 11.5. The fraction of sp³-hybridized carbons (Fsp3) is 0.250. The predicted molar refractivity (Wildman–Crippen MR) is 101 cm³/mol. The molecule has 2 aromatic rings. The van der Waals surface area contributed by atoms with Crippen molar-refractivity contribution in [2.24, 2.45) is 0 Å². The molecule has 126 valence electrons. The van der Waals surface area contributed by atoms with E-state index < -0.39 is 11.6 Å². The summed E-state index contributed by atoms with van der Waals surface area (Å²) in [6.45, 7) is 9.40. The highest BCUT2D eigenvalue weighted by Crippen LogP contribution is 2.31. The van der Waals surface area contributed by atoms with Gasteiger partial charge in [-0.25, -0.2) is 4.79 Å². The summed E-state index contributed by atoms with van der Waals surface area (Å²) in [5.41, 5.74) is 1.44. The van der Waals surface area contributed by atoms with Crippen LogP contribution in [0.4, 0.5) is 10.5 Å². The van der Waals surface area contributed by atoms with Crippen LogP contribution in [-0.4, -0.2) is 16.7 Å². The molecule has 4 heteroatoms. The third kappa shape index (κ3) is 4.65. The Balaban J connectivity index is 2.14. The van der Waals surface area contributed by atoms with Crippen molar-refractivity contribution >= 4 is 23.5 Å². The molecule has 0 spiro atoms. The molecule has 2 rings (SSSR count). The standard InChI is InChI=1S/C20H23NO2S/c1-5-6-15-7-11-17(12-8-15)24-18-13-9-16(10-14-18)21(19(22)23)20(2,3)4/h5,7-14H,1,6H2,2-4H3,(H,22,23). The van der Waals surface area contributed by atoms with Crippen LogP contribution in [0.25, 0.3) is 0 Å². The Morgan fingerprint density at radius 3 is 2.00 bits per heavy atom. The Labute approximate surface area is 148 Å². The summed E-state index contributed by atoms with van der Waals surface area (Å²) in [5, 5.41) is 9.45. The van der Waals surface area contributed by atoms with E-state index in [0.717, 1.165) is 16.2 Å². The van der Waals surface area contributed by atoms with Gasteiger partial charge in [0.05, 0.1) is 0 Å². The van der Waals surface area contributed by atoms with Crippen LogP contribution in [-0.2, 0) is 6.42 Å². The summed E-state index contributed by atoms with van der Waals surface area (Å²) >= 11 is 1.66. The van der Waals surface area contributed by atoms with Crippen LogP contribution >= 0.6 is 11.8 Å². The van der Waals surface area contributed by atoms with E-state index in [1.807, 2.05) is 51.1 Å². The van der Waals surface area contributed by atoms with E-state index in [-0.39, 0.29) is 0 Å². The molecule has 0 bridgehead atoms. The molecule has 24 heavy (non-hydrogen) atoms. The molecular formula is C20H23NO2S. The molecule has 0 heterocycles. The summed E-state index contributed by atoms with van der Waals surface area (Å²) in [6.07, 6.45) is 1.82. The number of rotatable bonds is 5. The Hall–Kier alpha value is -2.20. The third-order valence-corrected chi connectivity index (χ3v) is 4.51. The second kappa shape index (κ2) is 7.58. The monoisotopic (exact) mass is 341 g/mol. The van der Waals surface area contributed by atoms with Gasteiger partial charge in [0.25, 0.3) is 0 Å². The molecule has 0 saturated carbocycles. The van der Waals surface area contributed by atoms with Gasteiger partial charge in [-0.1, -0.05) is 30.0 Å². The largest absolute Gasteiger partial charge is 0.465 e. The molecule has 1 N–H and O–H groups in total. The number of benzene rings is 2. The van der Waals surface area contributed by atoms with Gasteiger partial charge in [0, 0.05) is 21.0 Å². The number of anilines is 1.